The van der Waals surface area contributed by atoms with Crippen LogP contribution in [0.25, 0.3) is 0 Å². The fourth-order valence-corrected chi connectivity index (χ4v) is 3.53. The Morgan fingerprint density at radius 1 is 1.33 bits per heavy atom. The lowest BCUT2D eigenvalue weighted by Gasteiger charge is -2.16. The number of ether oxygens (including phenoxy) is 1. The molecule has 6 heteroatoms. The lowest BCUT2D eigenvalue weighted by atomic mass is 10.1. The molecule has 1 heterocycles. The number of rotatable bonds is 6. The smallest absolute Gasteiger partial charge is 0.173 e. The van der Waals surface area contributed by atoms with E-state index in [4.69, 9.17) is 4.74 Å². The summed E-state index contributed by atoms with van der Waals surface area (Å²) in [6, 6.07) is 5.65. The molecule has 116 valence electrons. The van der Waals surface area contributed by atoms with E-state index in [0.717, 1.165) is 16.9 Å². The molecule has 0 aliphatic carbocycles. The highest BCUT2D eigenvalue weighted by molar-refractivity contribution is 7.94. The van der Waals surface area contributed by atoms with Crippen molar-refractivity contribution in [2.24, 2.45) is 0 Å². The molecule has 0 bridgehead atoms. The maximum atomic E-state index is 11.2. The molecule has 1 aliphatic rings. The van der Waals surface area contributed by atoms with Gasteiger partial charge in [0.05, 0.1) is 5.75 Å². The van der Waals surface area contributed by atoms with E-state index in [0.29, 0.717) is 0 Å². The molecular weight excluding hydrogens is 290 g/mol. The van der Waals surface area contributed by atoms with Gasteiger partial charge in [-0.2, -0.15) is 0 Å². The first-order chi connectivity index (χ1) is 9.84. The van der Waals surface area contributed by atoms with E-state index in [1.54, 1.807) is 6.08 Å². The van der Waals surface area contributed by atoms with Crippen LogP contribution in [0.15, 0.2) is 29.7 Å². The van der Waals surface area contributed by atoms with Crippen molar-refractivity contribution in [1.29, 1.82) is 0 Å². The standard InChI is InChI=1S/C15H21NO4S/c1-11-5-12(2)7-15(6-11)20-9-14(17)8-16-13-3-4-21(18,19)10-13/h3-7,13-14,16-17H,8-10H2,1-2H3. The van der Waals surface area contributed by atoms with Crippen molar-refractivity contribution in [3.63, 3.8) is 0 Å². The van der Waals surface area contributed by atoms with Crippen molar-refractivity contribution in [3.05, 3.63) is 40.8 Å². The molecule has 0 saturated heterocycles. The molecule has 1 aliphatic heterocycles. The van der Waals surface area contributed by atoms with Crippen LogP contribution >= 0.6 is 0 Å². The Labute approximate surface area is 125 Å². The molecule has 2 rings (SSSR count). The topological polar surface area (TPSA) is 75.6 Å². The van der Waals surface area contributed by atoms with Gasteiger partial charge in [0.25, 0.3) is 0 Å². The van der Waals surface area contributed by atoms with Gasteiger partial charge in [0.1, 0.15) is 18.5 Å². The third-order valence-corrected chi connectivity index (χ3v) is 4.58. The third-order valence-electron chi connectivity index (χ3n) is 3.18. The molecule has 21 heavy (non-hydrogen) atoms. The molecule has 2 atom stereocenters. The van der Waals surface area contributed by atoms with Gasteiger partial charge in [0, 0.05) is 18.0 Å². The number of aliphatic hydroxyl groups is 1. The summed E-state index contributed by atoms with van der Waals surface area (Å²) < 4.78 is 28.1. The summed E-state index contributed by atoms with van der Waals surface area (Å²) in [5.41, 5.74) is 2.22. The number of hydrogen-bond donors (Lipinski definition) is 2. The molecule has 1 aromatic rings. The Bertz CT molecular complexity index is 604. The second kappa shape index (κ2) is 6.60. The van der Waals surface area contributed by atoms with Gasteiger partial charge in [-0.1, -0.05) is 12.1 Å². The van der Waals surface area contributed by atoms with Gasteiger partial charge in [-0.15, -0.1) is 0 Å². The van der Waals surface area contributed by atoms with Gasteiger partial charge in [0.2, 0.25) is 0 Å². The number of benzene rings is 1. The highest BCUT2D eigenvalue weighted by Gasteiger charge is 2.21. The molecule has 5 nitrogen and oxygen atoms in total. The Balaban J connectivity index is 1.75. The minimum Gasteiger partial charge on any atom is -0.491 e. The summed E-state index contributed by atoms with van der Waals surface area (Å²) in [4.78, 5) is 0. The van der Waals surface area contributed by atoms with Crippen LogP contribution in [-0.2, 0) is 9.84 Å². The molecule has 0 radical (unpaired) electrons. The number of aliphatic hydroxyl groups excluding tert-OH is 1. The van der Waals surface area contributed by atoms with Gasteiger partial charge in [-0.25, -0.2) is 8.42 Å². The van der Waals surface area contributed by atoms with E-state index in [-0.39, 0.29) is 24.9 Å². The first kappa shape index (κ1) is 16.0. The number of sulfone groups is 1. The van der Waals surface area contributed by atoms with Gasteiger partial charge in [-0.05, 0) is 37.1 Å². The monoisotopic (exact) mass is 311 g/mol. The lowest BCUT2D eigenvalue weighted by Crippen LogP contribution is -2.38. The second-order valence-corrected chi connectivity index (χ2v) is 7.39. The van der Waals surface area contributed by atoms with Crippen molar-refractivity contribution < 1.29 is 18.3 Å². The van der Waals surface area contributed by atoms with Crippen LogP contribution in [0.1, 0.15) is 11.1 Å². The zero-order chi connectivity index (χ0) is 15.5. The maximum absolute atomic E-state index is 11.2. The zero-order valence-corrected chi connectivity index (χ0v) is 13.1. The highest BCUT2D eigenvalue weighted by Crippen LogP contribution is 2.16. The van der Waals surface area contributed by atoms with Crippen LogP contribution in [0.5, 0.6) is 5.75 Å². The summed E-state index contributed by atoms with van der Waals surface area (Å²) in [6.07, 6.45) is 0.912. The van der Waals surface area contributed by atoms with Gasteiger partial charge in [-0.3, -0.25) is 0 Å². The average molecular weight is 311 g/mol. The van der Waals surface area contributed by atoms with Crippen LogP contribution in [0.3, 0.4) is 0 Å². The first-order valence-electron chi connectivity index (χ1n) is 6.87. The minimum absolute atomic E-state index is 0.0532. The van der Waals surface area contributed by atoms with E-state index in [1.807, 2.05) is 26.0 Å². The van der Waals surface area contributed by atoms with E-state index in [1.165, 1.54) is 5.41 Å². The zero-order valence-electron chi connectivity index (χ0n) is 12.2. The molecule has 1 aromatic carbocycles. The fraction of sp³-hybridized carbons (Fsp3) is 0.467. The normalized spacial score (nSPS) is 21.4. The lowest BCUT2D eigenvalue weighted by molar-refractivity contribution is 0.105. The summed E-state index contributed by atoms with van der Waals surface area (Å²) in [5, 5.41) is 14.1. The summed E-state index contributed by atoms with van der Waals surface area (Å²) in [6.45, 7) is 4.43. The molecule has 0 fully saturated rings. The molecule has 0 aromatic heterocycles. The van der Waals surface area contributed by atoms with Crippen LogP contribution in [0.4, 0.5) is 0 Å². The molecule has 2 N–H and O–H groups in total. The Morgan fingerprint density at radius 2 is 2.00 bits per heavy atom. The van der Waals surface area contributed by atoms with E-state index in [9.17, 15) is 13.5 Å². The first-order valence-corrected chi connectivity index (χ1v) is 8.59. The van der Waals surface area contributed by atoms with Crippen LogP contribution < -0.4 is 10.1 Å². The fourth-order valence-electron chi connectivity index (χ4n) is 2.26. The van der Waals surface area contributed by atoms with Crippen molar-refractivity contribution in [3.8, 4) is 5.75 Å². The largest absolute Gasteiger partial charge is 0.491 e. The Morgan fingerprint density at radius 3 is 2.57 bits per heavy atom. The minimum atomic E-state index is -3.06. The summed E-state index contributed by atoms with van der Waals surface area (Å²) >= 11 is 0. The van der Waals surface area contributed by atoms with E-state index in [2.05, 4.69) is 11.4 Å². The van der Waals surface area contributed by atoms with Gasteiger partial charge in [0.15, 0.2) is 9.84 Å². The predicted octanol–water partition coefficient (Wildman–Crippen LogP) is 0.943. The second-order valence-electron chi connectivity index (χ2n) is 5.46. The summed E-state index contributed by atoms with van der Waals surface area (Å²) in [5.74, 6) is 0.785. The number of aryl methyl sites for hydroxylation is 2. The average Bonchev–Trinajstić information content (AvgIpc) is 2.72. The van der Waals surface area contributed by atoms with Crippen molar-refractivity contribution >= 4 is 9.84 Å². The molecular formula is C15H21NO4S. The van der Waals surface area contributed by atoms with Crippen molar-refractivity contribution in [2.45, 2.75) is 26.0 Å². The molecule has 0 amide bonds. The number of hydrogen-bond acceptors (Lipinski definition) is 5. The molecule has 2 unspecified atom stereocenters. The van der Waals surface area contributed by atoms with Crippen LogP contribution in [-0.4, -0.2) is 44.6 Å². The van der Waals surface area contributed by atoms with Crippen molar-refractivity contribution in [1.82, 2.24) is 5.32 Å². The molecule has 0 spiro atoms. The van der Waals surface area contributed by atoms with Crippen LogP contribution in [0.2, 0.25) is 0 Å². The summed E-state index contributed by atoms with van der Waals surface area (Å²) in [7, 11) is -3.06. The SMILES string of the molecule is Cc1cc(C)cc(OCC(O)CNC2C=CS(=O)(=O)C2)c1. The Hall–Kier alpha value is -1.37. The predicted molar refractivity (Wildman–Crippen MR) is 82.1 cm³/mol. The number of nitrogens with one attached hydrogen (secondary N) is 1. The maximum Gasteiger partial charge on any atom is 0.173 e. The van der Waals surface area contributed by atoms with Gasteiger partial charge < -0.3 is 15.2 Å². The van der Waals surface area contributed by atoms with Gasteiger partial charge >= 0.3 is 0 Å². The van der Waals surface area contributed by atoms with E-state index < -0.39 is 15.9 Å². The molecule has 0 saturated carbocycles. The Kier molecular flexibility index (Phi) is 5.03. The highest BCUT2D eigenvalue weighted by atomic mass is 32.2. The van der Waals surface area contributed by atoms with E-state index >= 15 is 0 Å². The third kappa shape index (κ3) is 5.15. The quantitative estimate of drug-likeness (QED) is 0.818. The van der Waals surface area contributed by atoms with Crippen LogP contribution in [0, 0.1) is 13.8 Å². The van der Waals surface area contributed by atoms with Crippen molar-refractivity contribution in [2.75, 3.05) is 18.9 Å².